The minimum absolute atomic E-state index is 0.0468. The van der Waals surface area contributed by atoms with Gasteiger partial charge in [0.25, 0.3) is 15.7 Å². The average molecular weight is 649 g/mol. The lowest BCUT2D eigenvalue weighted by atomic mass is 10.0. The second kappa shape index (κ2) is 15.3. The largest absolute Gasteiger partial charge is 0.354 e. The van der Waals surface area contributed by atoms with Crippen molar-refractivity contribution in [3.8, 4) is 0 Å². The summed E-state index contributed by atoms with van der Waals surface area (Å²) in [5.74, 6) is -1.06. The lowest BCUT2D eigenvalue weighted by Gasteiger charge is -2.34. The fraction of sp³-hybridized carbons (Fsp3) is 0.212. The van der Waals surface area contributed by atoms with Crippen LogP contribution in [0.1, 0.15) is 24.5 Å². The third-order valence-corrected chi connectivity index (χ3v) is 9.23. The summed E-state index contributed by atoms with van der Waals surface area (Å²) < 4.78 is 28.9. The highest BCUT2D eigenvalue weighted by molar-refractivity contribution is 7.92. The number of nitrogens with zero attached hydrogens (tertiary/aromatic N) is 3. The third kappa shape index (κ3) is 8.46. The number of halogens is 1. The van der Waals surface area contributed by atoms with Crippen molar-refractivity contribution in [1.29, 1.82) is 0 Å². The van der Waals surface area contributed by atoms with Gasteiger partial charge in [-0.05, 0) is 47.9 Å². The molecule has 0 heterocycles. The molecule has 0 saturated carbocycles. The number of nitro benzene ring substituents is 1. The lowest BCUT2D eigenvalue weighted by molar-refractivity contribution is -0.384. The molecule has 12 heteroatoms. The summed E-state index contributed by atoms with van der Waals surface area (Å²) in [6.45, 7) is 1.53. The molecule has 0 bridgehead atoms. The second-order valence-electron chi connectivity index (χ2n) is 10.2. The Bertz CT molecular complexity index is 1720. The van der Waals surface area contributed by atoms with Crippen molar-refractivity contribution in [2.45, 2.75) is 37.2 Å². The summed E-state index contributed by atoms with van der Waals surface area (Å²) in [5.41, 5.74) is 1.18. The number of rotatable bonds is 14. The van der Waals surface area contributed by atoms with Gasteiger partial charge in [0.1, 0.15) is 12.6 Å². The third-order valence-electron chi connectivity index (χ3n) is 7.08. The lowest BCUT2D eigenvalue weighted by Crippen LogP contribution is -2.53. The fourth-order valence-corrected chi connectivity index (χ4v) is 6.35. The smallest absolute Gasteiger partial charge is 0.269 e. The zero-order valence-corrected chi connectivity index (χ0v) is 26.2. The zero-order chi connectivity index (χ0) is 32.4. The first kappa shape index (κ1) is 33.2. The van der Waals surface area contributed by atoms with Crippen molar-refractivity contribution >= 4 is 44.8 Å². The number of carbonyl (C=O) groups excluding carboxylic acids is 2. The van der Waals surface area contributed by atoms with Gasteiger partial charge in [0.05, 0.1) is 15.5 Å². The van der Waals surface area contributed by atoms with Gasteiger partial charge in [0.15, 0.2) is 0 Å². The molecule has 0 aliphatic heterocycles. The first-order chi connectivity index (χ1) is 21.6. The van der Waals surface area contributed by atoms with Gasteiger partial charge in [0.2, 0.25) is 11.8 Å². The van der Waals surface area contributed by atoms with E-state index in [4.69, 9.17) is 11.6 Å². The van der Waals surface area contributed by atoms with E-state index < -0.39 is 39.3 Å². The molecule has 1 N–H and O–H groups in total. The predicted molar refractivity (Wildman–Crippen MR) is 173 cm³/mol. The molecule has 234 valence electrons. The standard InChI is InChI=1S/C33H33ClN4O6S/c1-2-21-35-33(40)31(22-25-11-5-3-6-12-25)36(23-26-13-9-10-16-30(26)34)32(39)24-37(27-17-19-28(20-18-27)38(41)42)45(43,44)29-14-7-4-8-15-29/h3-20,31H,2,21-24H2,1H3,(H,35,40)/t31-/m1/s1. The quantitative estimate of drug-likeness (QED) is 0.140. The molecule has 4 aromatic carbocycles. The molecule has 0 aliphatic rings. The molecule has 45 heavy (non-hydrogen) atoms. The van der Waals surface area contributed by atoms with Gasteiger partial charge in [-0.15, -0.1) is 0 Å². The Morgan fingerprint density at radius 3 is 2.09 bits per heavy atom. The van der Waals surface area contributed by atoms with Crippen LogP contribution in [-0.2, 0) is 32.6 Å². The molecular formula is C33H33ClN4O6S. The summed E-state index contributed by atoms with van der Waals surface area (Å²) in [6.07, 6.45) is 0.834. The molecule has 0 aliphatic carbocycles. The number of amides is 2. The van der Waals surface area contributed by atoms with Crippen LogP contribution in [0.3, 0.4) is 0 Å². The molecule has 10 nitrogen and oxygen atoms in total. The summed E-state index contributed by atoms with van der Waals surface area (Å²) in [4.78, 5) is 40.0. The molecule has 0 spiro atoms. The molecule has 0 fully saturated rings. The zero-order valence-electron chi connectivity index (χ0n) is 24.6. The van der Waals surface area contributed by atoms with Crippen LogP contribution in [0.25, 0.3) is 0 Å². The average Bonchev–Trinajstić information content (AvgIpc) is 3.05. The maximum absolute atomic E-state index is 14.4. The molecule has 2 amide bonds. The van der Waals surface area contributed by atoms with Crippen LogP contribution in [0.2, 0.25) is 5.02 Å². The number of carbonyl (C=O) groups is 2. The number of sulfonamides is 1. The first-order valence-corrected chi connectivity index (χ1v) is 16.1. The first-order valence-electron chi connectivity index (χ1n) is 14.3. The number of hydrogen-bond acceptors (Lipinski definition) is 6. The van der Waals surface area contributed by atoms with Gasteiger partial charge < -0.3 is 10.2 Å². The van der Waals surface area contributed by atoms with E-state index in [-0.39, 0.29) is 29.2 Å². The van der Waals surface area contributed by atoms with Crippen LogP contribution in [0.4, 0.5) is 11.4 Å². The highest BCUT2D eigenvalue weighted by Crippen LogP contribution is 2.27. The Labute approximate surface area is 267 Å². The van der Waals surface area contributed by atoms with Gasteiger partial charge in [0, 0.05) is 36.7 Å². The molecule has 0 aromatic heterocycles. The minimum atomic E-state index is -4.33. The summed E-state index contributed by atoms with van der Waals surface area (Å²) >= 11 is 6.50. The van der Waals surface area contributed by atoms with E-state index in [1.165, 1.54) is 41.3 Å². The van der Waals surface area contributed by atoms with Gasteiger partial charge in [-0.2, -0.15) is 0 Å². The van der Waals surface area contributed by atoms with E-state index in [1.807, 2.05) is 37.3 Å². The predicted octanol–water partition coefficient (Wildman–Crippen LogP) is 5.61. The van der Waals surface area contributed by atoms with Crippen LogP contribution in [0, 0.1) is 10.1 Å². The van der Waals surface area contributed by atoms with Gasteiger partial charge in [-0.1, -0.05) is 85.3 Å². The van der Waals surface area contributed by atoms with Crippen LogP contribution < -0.4 is 9.62 Å². The highest BCUT2D eigenvalue weighted by atomic mass is 35.5. The SMILES string of the molecule is CCCNC(=O)[C@@H](Cc1ccccc1)N(Cc1ccccc1Cl)C(=O)CN(c1ccc([N+](=O)[O-])cc1)S(=O)(=O)c1ccccc1. The number of benzene rings is 4. The highest BCUT2D eigenvalue weighted by Gasteiger charge is 2.35. The van der Waals surface area contributed by atoms with Crippen LogP contribution >= 0.6 is 11.6 Å². The van der Waals surface area contributed by atoms with Crippen molar-refractivity contribution in [3.05, 3.63) is 135 Å². The Kier molecular flexibility index (Phi) is 11.3. The number of non-ortho nitro benzene ring substituents is 1. The van der Waals surface area contributed by atoms with E-state index in [0.29, 0.717) is 23.6 Å². The molecule has 1 atom stereocenters. The Balaban J connectivity index is 1.81. The molecular weight excluding hydrogens is 616 g/mol. The van der Waals surface area contributed by atoms with Gasteiger partial charge >= 0.3 is 0 Å². The molecule has 0 unspecified atom stereocenters. The van der Waals surface area contributed by atoms with E-state index in [9.17, 15) is 28.1 Å². The number of anilines is 1. The minimum Gasteiger partial charge on any atom is -0.354 e. The molecule has 0 radical (unpaired) electrons. The number of nitrogens with one attached hydrogen (secondary N) is 1. The van der Waals surface area contributed by atoms with Gasteiger partial charge in [-0.3, -0.25) is 24.0 Å². The molecule has 4 aromatic rings. The van der Waals surface area contributed by atoms with Gasteiger partial charge in [-0.25, -0.2) is 8.42 Å². The Hall–Kier alpha value is -4.74. The van der Waals surface area contributed by atoms with Crippen molar-refractivity contribution < 1.29 is 22.9 Å². The normalized spacial score (nSPS) is 11.8. The second-order valence-corrected chi connectivity index (χ2v) is 12.5. The van der Waals surface area contributed by atoms with E-state index in [0.717, 1.165) is 9.87 Å². The molecule has 0 saturated heterocycles. The van der Waals surface area contributed by atoms with E-state index >= 15 is 0 Å². The topological polar surface area (TPSA) is 130 Å². The number of nitro groups is 1. The van der Waals surface area contributed by atoms with E-state index in [2.05, 4.69) is 5.32 Å². The summed E-state index contributed by atoms with van der Waals surface area (Å²) in [5, 5.41) is 14.6. The summed E-state index contributed by atoms with van der Waals surface area (Å²) in [7, 11) is -4.33. The number of hydrogen-bond donors (Lipinski definition) is 1. The van der Waals surface area contributed by atoms with Crippen LogP contribution in [0.5, 0.6) is 0 Å². The van der Waals surface area contributed by atoms with Crippen LogP contribution in [0.15, 0.2) is 114 Å². The fourth-order valence-electron chi connectivity index (χ4n) is 4.72. The van der Waals surface area contributed by atoms with Crippen LogP contribution in [-0.4, -0.2) is 49.2 Å². The maximum Gasteiger partial charge on any atom is 0.269 e. The summed E-state index contributed by atoms with van der Waals surface area (Å²) in [6, 6.07) is 27.6. The molecule has 4 rings (SSSR count). The van der Waals surface area contributed by atoms with Crippen molar-refractivity contribution in [3.63, 3.8) is 0 Å². The Morgan fingerprint density at radius 1 is 0.889 bits per heavy atom. The van der Waals surface area contributed by atoms with Crippen molar-refractivity contribution in [1.82, 2.24) is 10.2 Å². The van der Waals surface area contributed by atoms with Crippen molar-refractivity contribution in [2.75, 3.05) is 17.4 Å². The van der Waals surface area contributed by atoms with Crippen molar-refractivity contribution in [2.24, 2.45) is 0 Å². The monoisotopic (exact) mass is 648 g/mol. The van der Waals surface area contributed by atoms with E-state index in [1.54, 1.807) is 42.5 Å². The maximum atomic E-state index is 14.4. The Morgan fingerprint density at radius 2 is 1.49 bits per heavy atom.